The van der Waals surface area contributed by atoms with E-state index in [9.17, 15) is 9.59 Å². The topological polar surface area (TPSA) is 109 Å². The number of hydrogen-bond donors (Lipinski definition) is 2. The maximum absolute atomic E-state index is 12.4. The number of primary amides is 1. The van der Waals surface area contributed by atoms with Gasteiger partial charge in [-0.25, -0.2) is 0 Å². The standard InChI is InChI=1S/C17H17N3O3/c1-23-16(22)17(15(19)21)6-2-3-13(17)12-9-20-14-5-4-10(8-18)7-11(12)14/h4-5,7,9,13,20H,2-3,6H2,1H3,(H2,19,21). The SMILES string of the molecule is COC(=O)C1(C(N)=O)CCCC1c1c[nH]c2ccc(C#N)cc12. The van der Waals surface area contributed by atoms with Crippen LogP contribution in [-0.4, -0.2) is 24.0 Å². The van der Waals surface area contributed by atoms with Gasteiger partial charge in [0.25, 0.3) is 0 Å². The fourth-order valence-corrected chi connectivity index (χ4v) is 3.75. The molecule has 1 aliphatic carbocycles. The first kappa shape index (κ1) is 15.1. The Morgan fingerprint density at radius 3 is 2.91 bits per heavy atom. The van der Waals surface area contributed by atoms with Crippen LogP contribution in [0.25, 0.3) is 10.9 Å². The molecule has 1 aromatic carbocycles. The summed E-state index contributed by atoms with van der Waals surface area (Å²) in [6, 6.07) is 7.41. The zero-order chi connectivity index (χ0) is 16.6. The third kappa shape index (κ3) is 2.08. The van der Waals surface area contributed by atoms with E-state index >= 15 is 0 Å². The number of ether oxygens (including phenoxy) is 1. The molecule has 6 heteroatoms. The molecule has 3 N–H and O–H groups in total. The Hall–Kier alpha value is -2.81. The van der Waals surface area contributed by atoms with Crippen molar-refractivity contribution in [3.05, 3.63) is 35.5 Å². The molecular weight excluding hydrogens is 294 g/mol. The van der Waals surface area contributed by atoms with Gasteiger partial charge in [-0.2, -0.15) is 5.26 Å². The number of carbonyl (C=O) groups is 2. The van der Waals surface area contributed by atoms with Crippen molar-refractivity contribution in [1.29, 1.82) is 5.26 Å². The van der Waals surface area contributed by atoms with E-state index in [1.165, 1.54) is 7.11 Å². The van der Waals surface area contributed by atoms with Gasteiger partial charge in [-0.15, -0.1) is 0 Å². The lowest BCUT2D eigenvalue weighted by molar-refractivity contribution is -0.158. The number of nitrogens with zero attached hydrogens (tertiary/aromatic N) is 1. The third-order valence-corrected chi connectivity index (χ3v) is 4.87. The maximum Gasteiger partial charge on any atom is 0.321 e. The van der Waals surface area contributed by atoms with Gasteiger partial charge in [0.2, 0.25) is 5.91 Å². The minimum atomic E-state index is -1.34. The summed E-state index contributed by atoms with van der Waals surface area (Å²) < 4.78 is 4.88. The summed E-state index contributed by atoms with van der Waals surface area (Å²) >= 11 is 0. The number of hydrogen-bond acceptors (Lipinski definition) is 4. The van der Waals surface area contributed by atoms with Crippen molar-refractivity contribution in [1.82, 2.24) is 4.98 Å². The van der Waals surface area contributed by atoms with Crippen molar-refractivity contribution in [3.8, 4) is 6.07 Å². The van der Waals surface area contributed by atoms with Gasteiger partial charge in [0.15, 0.2) is 5.41 Å². The number of H-pyrrole nitrogens is 1. The molecule has 2 aromatic rings. The zero-order valence-electron chi connectivity index (χ0n) is 12.8. The van der Waals surface area contributed by atoms with Crippen LogP contribution in [0.5, 0.6) is 0 Å². The van der Waals surface area contributed by atoms with Gasteiger partial charge in [0.1, 0.15) is 0 Å². The van der Waals surface area contributed by atoms with Crippen molar-refractivity contribution in [2.24, 2.45) is 11.1 Å². The summed E-state index contributed by atoms with van der Waals surface area (Å²) in [6.45, 7) is 0. The Morgan fingerprint density at radius 1 is 1.48 bits per heavy atom. The Balaban J connectivity index is 2.18. The molecule has 0 bridgehead atoms. The van der Waals surface area contributed by atoms with Crippen LogP contribution in [0.3, 0.4) is 0 Å². The maximum atomic E-state index is 12.4. The summed E-state index contributed by atoms with van der Waals surface area (Å²) in [5, 5.41) is 9.94. The van der Waals surface area contributed by atoms with Crippen LogP contribution in [0.4, 0.5) is 0 Å². The lowest BCUT2D eigenvalue weighted by Gasteiger charge is -2.29. The lowest BCUT2D eigenvalue weighted by atomic mass is 9.73. The second kappa shape index (κ2) is 5.43. The highest BCUT2D eigenvalue weighted by atomic mass is 16.5. The highest BCUT2D eigenvalue weighted by Gasteiger charge is 2.55. The molecule has 2 unspecified atom stereocenters. The van der Waals surface area contributed by atoms with Crippen LogP contribution in [0.15, 0.2) is 24.4 Å². The number of carbonyl (C=O) groups excluding carboxylic acids is 2. The molecule has 118 valence electrons. The van der Waals surface area contributed by atoms with Crippen molar-refractivity contribution < 1.29 is 14.3 Å². The van der Waals surface area contributed by atoms with E-state index in [0.29, 0.717) is 24.8 Å². The summed E-state index contributed by atoms with van der Waals surface area (Å²) in [6.07, 6.45) is 3.56. The van der Waals surface area contributed by atoms with E-state index in [2.05, 4.69) is 11.1 Å². The molecule has 1 saturated carbocycles. The van der Waals surface area contributed by atoms with E-state index in [1.807, 2.05) is 6.07 Å². The molecule has 1 aliphatic rings. The van der Waals surface area contributed by atoms with Crippen molar-refractivity contribution in [3.63, 3.8) is 0 Å². The van der Waals surface area contributed by atoms with Gasteiger partial charge < -0.3 is 15.5 Å². The minimum absolute atomic E-state index is 0.352. The second-order valence-corrected chi connectivity index (χ2v) is 5.89. The average molecular weight is 311 g/mol. The smallest absolute Gasteiger partial charge is 0.321 e. The van der Waals surface area contributed by atoms with E-state index in [0.717, 1.165) is 16.5 Å². The number of nitriles is 1. The first-order valence-electron chi connectivity index (χ1n) is 7.44. The Labute approximate surface area is 133 Å². The average Bonchev–Trinajstić information content (AvgIpc) is 3.17. The first-order valence-corrected chi connectivity index (χ1v) is 7.44. The largest absolute Gasteiger partial charge is 0.468 e. The van der Waals surface area contributed by atoms with Crippen LogP contribution in [-0.2, 0) is 14.3 Å². The van der Waals surface area contributed by atoms with Crippen LogP contribution < -0.4 is 5.73 Å². The molecule has 0 spiro atoms. The van der Waals surface area contributed by atoms with E-state index in [1.54, 1.807) is 18.3 Å². The van der Waals surface area contributed by atoms with Gasteiger partial charge in [-0.05, 0) is 36.6 Å². The molecule has 2 atom stereocenters. The summed E-state index contributed by atoms with van der Waals surface area (Å²) in [5.74, 6) is -1.59. The number of rotatable bonds is 3. The minimum Gasteiger partial charge on any atom is -0.468 e. The molecule has 23 heavy (non-hydrogen) atoms. The van der Waals surface area contributed by atoms with Gasteiger partial charge >= 0.3 is 5.97 Å². The van der Waals surface area contributed by atoms with Gasteiger partial charge in [-0.1, -0.05) is 6.42 Å². The van der Waals surface area contributed by atoms with Gasteiger partial charge in [-0.3, -0.25) is 9.59 Å². The summed E-state index contributed by atoms with van der Waals surface area (Å²) in [7, 11) is 1.27. The number of esters is 1. The fourth-order valence-electron chi connectivity index (χ4n) is 3.75. The van der Waals surface area contributed by atoms with Crippen molar-refractivity contribution in [2.75, 3.05) is 7.11 Å². The molecule has 1 aromatic heterocycles. The highest BCUT2D eigenvalue weighted by molar-refractivity contribution is 6.04. The number of nitrogens with two attached hydrogens (primary N) is 1. The van der Waals surface area contributed by atoms with Gasteiger partial charge in [0.05, 0.1) is 18.7 Å². The molecule has 0 aliphatic heterocycles. The van der Waals surface area contributed by atoms with E-state index in [-0.39, 0.29) is 5.92 Å². The number of aromatic amines is 1. The van der Waals surface area contributed by atoms with Gasteiger partial charge in [0, 0.05) is 23.0 Å². The molecule has 1 heterocycles. The molecule has 1 amide bonds. The van der Waals surface area contributed by atoms with Crippen LogP contribution in [0, 0.1) is 16.7 Å². The number of amides is 1. The normalized spacial score (nSPS) is 23.6. The molecule has 3 rings (SSSR count). The Kier molecular flexibility index (Phi) is 3.57. The van der Waals surface area contributed by atoms with E-state index in [4.69, 9.17) is 15.7 Å². The van der Waals surface area contributed by atoms with Crippen molar-refractivity contribution in [2.45, 2.75) is 25.2 Å². The zero-order valence-corrected chi connectivity index (χ0v) is 12.8. The summed E-state index contributed by atoms with van der Waals surface area (Å²) in [5.41, 5.74) is 6.48. The molecule has 0 saturated heterocycles. The molecule has 1 fully saturated rings. The lowest BCUT2D eigenvalue weighted by Crippen LogP contribution is -2.46. The van der Waals surface area contributed by atoms with Crippen LogP contribution >= 0.6 is 0 Å². The molecule has 6 nitrogen and oxygen atoms in total. The number of benzene rings is 1. The predicted octanol–water partition coefficient (Wildman–Crippen LogP) is 1.95. The number of fused-ring (bicyclic) bond motifs is 1. The van der Waals surface area contributed by atoms with Crippen LogP contribution in [0.1, 0.15) is 36.3 Å². The Morgan fingerprint density at radius 2 is 2.26 bits per heavy atom. The monoisotopic (exact) mass is 311 g/mol. The third-order valence-electron chi connectivity index (χ3n) is 4.87. The molecule has 0 radical (unpaired) electrons. The fraction of sp³-hybridized carbons (Fsp3) is 0.353. The van der Waals surface area contributed by atoms with Crippen LogP contribution in [0.2, 0.25) is 0 Å². The number of nitrogens with one attached hydrogen (secondary N) is 1. The van der Waals surface area contributed by atoms with Crippen molar-refractivity contribution >= 4 is 22.8 Å². The first-order chi connectivity index (χ1) is 11.0. The number of aromatic nitrogens is 1. The number of methoxy groups -OCH3 is 1. The second-order valence-electron chi connectivity index (χ2n) is 5.89. The molecular formula is C17H17N3O3. The van der Waals surface area contributed by atoms with E-state index < -0.39 is 17.3 Å². The predicted molar refractivity (Wildman–Crippen MR) is 83.2 cm³/mol. The summed E-state index contributed by atoms with van der Waals surface area (Å²) in [4.78, 5) is 27.6. The quantitative estimate of drug-likeness (QED) is 0.667. The Bertz CT molecular complexity index is 833. The highest BCUT2D eigenvalue weighted by Crippen LogP contribution is 2.51.